The summed E-state index contributed by atoms with van der Waals surface area (Å²) in [6.07, 6.45) is 0. The molecule has 0 aliphatic carbocycles. The Labute approximate surface area is 473 Å². The highest BCUT2D eigenvalue weighted by Crippen LogP contribution is 2.50. The van der Waals surface area contributed by atoms with E-state index in [0.29, 0.717) is 0 Å². The Morgan fingerprint density at radius 3 is 1.49 bits per heavy atom. The molecule has 4 aliphatic rings. The van der Waals surface area contributed by atoms with Crippen LogP contribution in [0.4, 0.5) is 51.2 Å². The Kier molecular flexibility index (Phi) is 10.3. The van der Waals surface area contributed by atoms with Gasteiger partial charge in [0.15, 0.2) is 0 Å². The first kappa shape index (κ1) is 45.9. The number of furan rings is 1. The summed E-state index contributed by atoms with van der Waals surface area (Å²) >= 11 is 1.83. The number of fused-ring (bicyclic) bond motifs is 11. The molecule has 0 radical (unpaired) electrons. The molecule has 12 aromatic carbocycles. The van der Waals surface area contributed by atoms with Crippen LogP contribution in [0.1, 0.15) is 0 Å². The van der Waals surface area contributed by atoms with Gasteiger partial charge in [0.05, 0.1) is 17.1 Å². The third kappa shape index (κ3) is 7.18. The molecule has 17 rings (SSSR count). The van der Waals surface area contributed by atoms with Crippen LogP contribution in [0.25, 0.3) is 33.1 Å². The van der Waals surface area contributed by atoms with Gasteiger partial charge in [0.1, 0.15) is 34.2 Å². The van der Waals surface area contributed by atoms with Crippen LogP contribution in [0.3, 0.4) is 0 Å². The van der Waals surface area contributed by atoms with E-state index in [1.807, 2.05) is 17.8 Å². The number of hydrogen-bond acceptors (Lipinski definition) is 7. The van der Waals surface area contributed by atoms with Crippen molar-refractivity contribution < 1.29 is 13.9 Å². The maximum Gasteiger partial charge on any atom is 0.256 e. The average molecular weight is 1050 g/mol. The van der Waals surface area contributed by atoms with Crippen molar-refractivity contribution in [3.05, 3.63) is 273 Å². The molecule has 13 aromatic rings. The van der Waals surface area contributed by atoms with Crippen LogP contribution >= 0.6 is 11.8 Å². The van der Waals surface area contributed by atoms with Crippen LogP contribution < -0.4 is 57.0 Å². The smallest absolute Gasteiger partial charge is 0.256 e. The Morgan fingerprint density at radius 1 is 0.321 bits per heavy atom. The maximum absolute atomic E-state index is 7.54. The van der Waals surface area contributed by atoms with Gasteiger partial charge in [-0.1, -0.05) is 187 Å². The van der Waals surface area contributed by atoms with Gasteiger partial charge in [0.2, 0.25) is 0 Å². The summed E-state index contributed by atoms with van der Waals surface area (Å²) in [5.74, 6) is 3.19. The van der Waals surface area contributed by atoms with E-state index in [0.717, 1.165) is 124 Å². The van der Waals surface area contributed by atoms with Crippen LogP contribution in [-0.2, 0) is 0 Å². The molecule has 378 valence electrons. The molecule has 6 nitrogen and oxygen atoms in total. The van der Waals surface area contributed by atoms with E-state index in [1.165, 1.54) is 26.2 Å². The van der Waals surface area contributed by atoms with E-state index in [2.05, 4.69) is 282 Å². The molecule has 81 heavy (non-hydrogen) atoms. The monoisotopic (exact) mass is 1050 g/mol. The normalized spacial score (nSPS) is 13.0. The molecule has 0 bridgehead atoms. The van der Waals surface area contributed by atoms with E-state index in [9.17, 15) is 0 Å². The summed E-state index contributed by atoms with van der Waals surface area (Å²) in [6.45, 7) is -0.283. The Morgan fingerprint density at radius 2 is 0.827 bits per heavy atom. The van der Waals surface area contributed by atoms with Crippen molar-refractivity contribution in [3.8, 4) is 34.1 Å². The highest BCUT2D eigenvalue weighted by molar-refractivity contribution is 8.00. The number of benzene rings is 12. The number of anilines is 9. The van der Waals surface area contributed by atoms with Crippen molar-refractivity contribution in [2.45, 2.75) is 9.79 Å². The summed E-state index contributed by atoms with van der Waals surface area (Å²) in [7, 11) is 0. The highest BCUT2D eigenvalue weighted by atomic mass is 32.2. The van der Waals surface area contributed by atoms with Gasteiger partial charge in [-0.05, 0) is 112 Å². The van der Waals surface area contributed by atoms with Crippen LogP contribution in [0.15, 0.2) is 287 Å². The maximum atomic E-state index is 7.54. The number of rotatable bonds is 8. The highest BCUT2D eigenvalue weighted by Gasteiger charge is 2.46. The summed E-state index contributed by atoms with van der Waals surface area (Å²) in [5, 5.41) is 2.19. The Bertz CT molecular complexity index is 4590. The molecule has 5 heterocycles. The van der Waals surface area contributed by atoms with E-state index in [-0.39, 0.29) is 13.4 Å². The molecule has 9 heteroatoms. The minimum atomic E-state index is -0.194. The molecule has 0 N–H and O–H groups in total. The molecule has 0 saturated heterocycles. The lowest BCUT2D eigenvalue weighted by atomic mass is 9.31. The van der Waals surface area contributed by atoms with Crippen molar-refractivity contribution >= 4 is 131 Å². The SMILES string of the molecule is c1ccc(N(c2ccccc2)c2cc3c4c(c2)Sc2ccccc2B4c2cc4c(cc2O3)Oc2cc(N(c3ccccc3)c3ccccc3)cc3c2B4c2ccccc2N3c2ccccc2-c2cccc3c2oc2ccccc23)cc1. The van der Waals surface area contributed by atoms with Gasteiger partial charge in [-0.3, -0.25) is 0 Å². The Balaban J connectivity index is 0.890. The number of para-hydroxylation sites is 8. The molecule has 4 aliphatic heterocycles. The van der Waals surface area contributed by atoms with Gasteiger partial charge in [-0.15, -0.1) is 0 Å². The fourth-order valence-corrected chi connectivity index (χ4v) is 14.4. The van der Waals surface area contributed by atoms with E-state index in [1.54, 1.807) is 0 Å². The second-order valence-electron chi connectivity index (χ2n) is 21.1. The van der Waals surface area contributed by atoms with E-state index < -0.39 is 0 Å². The van der Waals surface area contributed by atoms with Crippen molar-refractivity contribution in [2.24, 2.45) is 0 Å². The molecule has 1 aromatic heterocycles. The minimum Gasteiger partial charge on any atom is -0.458 e. The molecule has 0 spiro atoms. The largest absolute Gasteiger partial charge is 0.458 e. The standard InChI is InChI=1S/C72H45B2N3O3S/c1-5-22-46(23-6-1)75(47-24-7-2-8-25-47)50-40-62-70-66(41-50)78-64-45-65-59(74-57-35-16-20-39-68(57)81-69-43-51(42-67(79-65)71(69)74)76(48-26-9-3-10-27-48)49-28-11-4-12-29-49)44-58(64)73(70)56-34-15-18-37-61(56)77(62)60-36-17-13-30-52(60)54-32-21-33-55-53-31-14-19-38-63(53)80-72(54)55/h1-45H. The van der Waals surface area contributed by atoms with Crippen molar-refractivity contribution in [1.29, 1.82) is 0 Å². The van der Waals surface area contributed by atoms with Crippen LogP contribution in [0, 0.1) is 0 Å². The molecule has 0 unspecified atom stereocenters. The molecule has 0 amide bonds. The zero-order valence-corrected chi connectivity index (χ0v) is 44.4. The molecular formula is C72H45B2N3O3S. The molecule has 0 saturated carbocycles. The summed E-state index contributed by atoms with van der Waals surface area (Å²) < 4.78 is 21.7. The van der Waals surface area contributed by atoms with Gasteiger partial charge in [0.25, 0.3) is 13.4 Å². The predicted octanol–water partition coefficient (Wildman–Crippen LogP) is 15.7. The van der Waals surface area contributed by atoms with Gasteiger partial charge >= 0.3 is 0 Å². The summed E-state index contributed by atoms with van der Waals surface area (Å²) in [5.41, 5.74) is 20.2. The molecular weight excluding hydrogens is 1010 g/mol. The second-order valence-corrected chi connectivity index (χ2v) is 22.2. The first-order valence-corrected chi connectivity index (χ1v) is 28.4. The zero-order chi connectivity index (χ0) is 53.1. The predicted molar refractivity (Wildman–Crippen MR) is 336 cm³/mol. The third-order valence-electron chi connectivity index (χ3n) is 16.6. The quantitative estimate of drug-likeness (QED) is 0.140. The van der Waals surface area contributed by atoms with E-state index >= 15 is 0 Å². The van der Waals surface area contributed by atoms with Crippen molar-refractivity contribution in [1.82, 2.24) is 0 Å². The van der Waals surface area contributed by atoms with Gasteiger partial charge in [-0.2, -0.15) is 0 Å². The number of nitrogens with zero attached hydrogens (tertiary/aromatic N) is 3. The van der Waals surface area contributed by atoms with Crippen LogP contribution in [0.2, 0.25) is 0 Å². The molecule has 0 atom stereocenters. The lowest BCUT2D eigenvalue weighted by Crippen LogP contribution is -2.62. The minimum absolute atomic E-state index is 0.0887. The fraction of sp³-hybridized carbons (Fsp3) is 0. The zero-order valence-electron chi connectivity index (χ0n) is 43.6. The van der Waals surface area contributed by atoms with Gasteiger partial charge < -0.3 is 28.6 Å². The topological polar surface area (TPSA) is 41.3 Å². The number of ether oxygens (including phenoxy) is 2. The second kappa shape index (κ2) is 18.2. The third-order valence-corrected chi connectivity index (χ3v) is 17.7. The van der Waals surface area contributed by atoms with Gasteiger partial charge in [-0.25, -0.2) is 0 Å². The lowest BCUT2D eigenvalue weighted by Gasteiger charge is -2.42. The number of hydrogen-bond donors (Lipinski definition) is 0. The first-order valence-electron chi connectivity index (χ1n) is 27.5. The van der Waals surface area contributed by atoms with E-state index in [4.69, 9.17) is 13.9 Å². The van der Waals surface area contributed by atoms with Gasteiger partial charge in [0, 0.05) is 84.0 Å². The average Bonchev–Trinajstić information content (AvgIpc) is 3.94. The van der Waals surface area contributed by atoms with Crippen LogP contribution in [0.5, 0.6) is 23.0 Å². The molecule has 0 fully saturated rings. The lowest BCUT2D eigenvalue weighted by molar-refractivity contribution is 0.465. The summed E-state index contributed by atoms with van der Waals surface area (Å²) in [6, 6.07) is 97.7. The van der Waals surface area contributed by atoms with Crippen molar-refractivity contribution in [3.63, 3.8) is 0 Å². The van der Waals surface area contributed by atoms with Crippen LogP contribution in [-0.4, -0.2) is 13.4 Å². The summed E-state index contributed by atoms with van der Waals surface area (Å²) in [4.78, 5) is 9.54. The fourth-order valence-electron chi connectivity index (χ4n) is 13.2. The first-order chi connectivity index (χ1) is 40.2. The van der Waals surface area contributed by atoms with Crippen molar-refractivity contribution in [2.75, 3.05) is 14.7 Å². The Hall–Kier alpha value is -10.1.